The third-order valence-corrected chi connectivity index (χ3v) is 1.89. The van der Waals surface area contributed by atoms with Gasteiger partial charge >= 0.3 is 0 Å². The molecule has 2 N–H and O–H groups in total. The third kappa shape index (κ3) is 3.03. The Hall–Kier alpha value is -1.95. The van der Waals surface area contributed by atoms with Crippen molar-refractivity contribution in [2.75, 3.05) is 12.3 Å². The molecule has 3 heteroatoms. The molecule has 0 unspecified atom stereocenters. The van der Waals surface area contributed by atoms with E-state index in [-0.39, 0.29) is 5.78 Å². The van der Waals surface area contributed by atoms with Gasteiger partial charge in [-0.3, -0.25) is 4.79 Å². The summed E-state index contributed by atoms with van der Waals surface area (Å²) in [6.45, 7) is 1.88. The number of rotatable bonds is 4. The van der Waals surface area contributed by atoms with Gasteiger partial charge < -0.3 is 10.5 Å². The minimum Gasteiger partial charge on any atom is -0.492 e. The Morgan fingerprint density at radius 3 is 2.93 bits per heavy atom. The zero-order chi connectivity index (χ0) is 11.3. The van der Waals surface area contributed by atoms with Crippen molar-refractivity contribution in [1.82, 2.24) is 0 Å². The van der Waals surface area contributed by atoms with Crippen LogP contribution >= 0.6 is 0 Å². The van der Waals surface area contributed by atoms with Crippen LogP contribution in [-0.4, -0.2) is 12.4 Å². The molecule has 0 saturated heterocycles. The van der Waals surface area contributed by atoms with Crippen LogP contribution < -0.4 is 10.5 Å². The van der Waals surface area contributed by atoms with Gasteiger partial charge in [0.15, 0.2) is 5.78 Å². The Balaban J connectivity index is 2.87. The first-order valence-electron chi connectivity index (χ1n) is 4.62. The summed E-state index contributed by atoms with van der Waals surface area (Å²) in [6.07, 6.45) is 5.61. The Labute approximate surface area is 89.2 Å². The van der Waals surface area contributed by atoms with Crippen molar-refractivity contribution in [2.24, 2.45) is 0 Å². The second kappa shape index (κ2) is 5.06. The minimum atomic E-state index is -0.0713. The highest BCUT2D eigenvalue weighted by molar-refractivity contribution is 5.97. The molecule has 1 aromatic rings. The highest BCUT2D eigenvalue weighted by atomic mass is 16.5. The van der Waals surface area contributed by atoms with Crippen LogP contribution in [-0.2, 0) is 0 Å². The van der Waals surface area contributed by atoms with Gasteiger partial charge in [0.2, 0.25) is 0 Å². The molecule has 0 spiro atoms. The van der Waals surface area contributed by atoms with E-state index in [0.717, 1.165) is 0 Å². The first-order valence-corrected chi connectivity index (χ1v) is 4.62. The minimum absolute atomic E-state index is 0.0713. The lowest BCUT2D eigenvalue weighted by Crippen LogP contribution is -2.03. The van der Waals surface area contributed by atoms with E-state index in [1.165, 1.54) is 6.92 Å². The number of nitrogens with two attached hydrogens (primary N) is 1. The van der Waals surface area contributed by atoms with Gasteiger partial charge in [-0.05, 0) is 25.1 Å². The Morgan fingerprint density at radius 1 is 1.60 bits per heavy atom. The Kier molecular flexibility index (Phi) is 3.75. The molecule has 15 heavy (non-hydrogen) atoms. The molecule has 0 saturated carbocycles. The molecule has 78 valence electrons. The van der Waals surface area contributed by atoms with Crippen molar-refractivity contribution < 1.29 is 9.53 Å². The molecule has 0 aliphatic heterocycles. The maximum Gasteiger partial charge on any atom is 0.163 e. The number of hydrogen-bond donors (Lipinski definition) is 1. The normalized spacial score (nSPS) is 9.33. The molecule has 0 fully saturated rings. The number of ketones is 1. The average Bonchev–Trinajstić information content (AvgIpc) is 2.20. The van der Waals surface area contributed by atoms with E-state index in [2.05, 4.69) is 5.92 Å². The van der Waals surface area contributed by atoms with Crippen molar-refractivity contribution >= 4 is 11.5 Å². The van der Waals surface area contributed by atoms with Crippen LogP contribution in [0.1, 0.15) is 23.7 Å². The standard InChI is InChI=1S/C12H13NO2/c1-3-4-7-15-12-6-5-10(13)8-11(12)9(2)14/h1,5-6,8H,4,7,13H2,2H3. The van der Waals surface area contributed by atoms with E-state index in [9.17, 15) is 4.79 Å². The molecule has 0 bridgehead atoms. The Morgan fingerprint density at radius 2 is 2.33 bits per heavy atom. The first kappa shape index (κ1) is 11.1. The number of nitrogen functional groups attached to an aromatic ring is 1. The SMILES string of the molecule is C#CCCOc1ccc(N)cc1C(C)=O. The van der Waals surface area contributed by atoms with Gasteiger partial charge in [-0.2, -0.15) is 0 Å². The van der Waals surface area contributed by atoms with Crippen LogP contribution in [0.25, 0.3) is 0 Å². The predicted octanol–water partition coefficient (Wildman–Crippen LogP) is 1.87. The fraction of sp³-hybridized carbons (Fsp3) is 0.250. The van der Waals surface area contributed by atoms with Crippen LogP contribution in [0.4, 0.5) is 5.69 Å². The Bertz CT molecular complexity index is 405. The lowest BCUT2D eigenvalue weighted by atomic mass is 10.1. The van der Waals surface area contributed by atoms with Crippen LogP contribution in [0.5, 0.6) is 5.75 Å². The van der Waals surface area contributed by atoms with E-state index in [1.807, 2.05) is 0 Å². The summed E-state index contributed by atoms with van der Waals surface area (Å²) < 4.78 is 5.37. The number of benzene rings is 1. The van der Waals surface area contributed by atoms with Gasteiger partial charge in [-0.1, -0.05) is 0 Å². The van der Waals surface area contributed by atoms with Gasteiger partial charge in [-0.15, -0.1) is 12.3 Å². The number of carbonyl (C=O) groups excluding carboxylic acids is 1. The van der Waals surface area contributed by atoms with Crippen LogP contribution in [0, 0.1) is 12.3 Å². The molecule has 1 rings (SSSR count). The highest BCUT2D eigenvalue weighted by Crippen LogP contribution is 2.21. The van der Waals surface area contributed by atoms with Crippen LogP contribution in [0.2, 0.25) is 0 Å². The molecule has 0 aliphatic rings. The van der Waals surface area contributed by atoms with Gasteiger partial charge in [0.05, 0.1) is 12.2 Å². The van der Waals surface area contributed by atoms with Crippen molar-refractivity contribution in [2.45, 2.75) is 13.3 Å². The topological polar surface area (TPSA) is 52.3 Å². The summed E-state index contributed by atoms with van der Waals surface area (Å²) >= 11 is 0. The quantitative estimate of drug-likeness (QED) is 0.352. The van der Waals surface area contributed by atoms with E-state index in [0.29, 0.717) is 30.0 Å². The van der Waals surface area contributed by atoms with E-state index >= 15 is 0 Å². The van der Waals surface area contributed by atoms with Crippen molar-refractivity contribution in [3.8, 4) is 18.1 Å². The highest BCUT2D eigenvalue weighted by Gasteiger charge is 2.08. The number of anilines is 1. The van der Waals surface area contributed by atoms with Crippen molar-refractivity contribution in [3.05, 3.63) is 23.8 Å². The van der Waals surface area contributed by atoms with Gasteiger partial charge in [0.25, 0.3) is 0 Å². The van der Waals surface area contributed by atoms with Crippen LogP contribution in [0.15, 0.2) is 18.2 Å². The summed E-state index contributed by atoms with van der Waals surface area (Å²) in [5.41, 5.74) is 6.62. The van der Waals surface area contributed by atoms with Gasteiger partial charge in [-0.25, -0.2) is 0 Å². The molecule has 1 aromatic carbocycles. The predicted molar refractivity (Wildman–Crippen MR) is 59.8 cm³/mol. The zero-order valence-corrected chi connectivity index (χ0v) is 8.62. The molecule has 3 nitrogen and oxygen atoms in total. The monoisotopic (exact) mass is 203 g/mol. The first-order chi connectivity index (χ1) is 7.15. The van der Waals surface area contributed by atoms with E-state index in [4.69, 9.17) is 16.9 Å². The maximum atomic E-state index is 11.3. The van der Waals surface area contributed by atoms with Crippen LogP contribution in [0.3, 0.4) is 0 Å². The molecular formula is C12H13NO2. The summed E-state index contributed by atoms with van der Waals surface area (Å²) in [5.74, 6) is 2.93. The largest absolute Gasteiger partial charge is 0.492 e. The van der Waals surface area contributed by atoms with Crippen molar-refractivity contribution in [1.29, 1.82) is 0 Å². The number of Topliss-reactive ketones (excluding diaryl/α,β-unsaturated/α-hetero) is 1. The lowest BCUT2D eigenvalue weighted by Gasteiger charge is -2.08. The smallest absolute Gasteiger partial charge is 0.163 e. The fourth-order valence-electron chi connectivity index (χ4n) is 1.17. The van der Waals surface area contributed by atoms with E-state index in [1.54, 1.807) is 18.2 Å². The van der Waals surface area contributed by atoms with E-state index < -0.39 is 0 Å². The molecule has 0 radical (unpaired) electrons. The maximum absolute atomic E-state index is 11.3. The molecule has 0 aromatic heterocycles. The van der Waals surface area contributed by atoms with Gasteiger partial charge in [0.1, 0.15) is 5.75 Å². The number of carbonyl (C=O) groups is 1. The zero-order valence-electron chi connectivity index (χ0n) is 8.62. The van der Waals surface area contributed by atoms with Crippen molar-refractivity contribution in [3.63, 3.8) is 0 Å². The number of hydrogen-bond acceptors (Lipinski definition) is 3. The average molecular weight is 203 g/mol. The second-order valence-electron chi connectivity index (χ2n) is 3.11. The summed E-state index contributed by atoms with van der Waals surface area (Å²) in [5, 5.41) is 0. The molecule has 0 aliphatic carbocycles. The van der Waals surface area contributed by atoms with Gasteiger partial charge in [0, 0.05) is 12.1 Å². The summed E-state index contributed by atoms with van der Waals surface area (Å²) in [7, 11) is 0. The number of ether oxygens (including phenoxy) is 1. The lowest BCUT2D eigenvalue weighted by molar-refractivity contribution is 0.101. The summed E-state index contributed by atoms with van der Waals surface area (Å²) in [6, 6.07) is 4.98. The number of terminal acetylenes is 1. The second-order valence-corrected chi connectivity index (χ2v) is 3.11. The molecule has 0 heterocycles. The third-order valence-electron chi connectivity index (χ3n) is 1.89. The molecule has 0 amide bonds. The molecule has 0 atom stereocenters. The fourth-order valence-corrected chi connectivity index (χ4v) is 1.17. The molecular weight excluding hydrogens is 190 g/mol. The summed E-state index contributed by atoms with van der Waals surface area (Å²) in [4.78, 5) is 11.3.